The van der Waals surface area contributed by atoms with Gasteiger partial charge in [-0.05, 0) is 5.56 Å². The number of carbonyl (C=O) groups excluding carboxylic acids is 1. The summed E-state index contributed by atoms with van der Waals surface area (Å²) in [6.07, 6.45) is 0. The summed E-state index contributed by atoms with van der Waals surface area (Å²) in [7, 11) is 0. The first-order chi connectivity index (χ1) is 7.77. The predicted molar refractivity (Wildman–Crippen MR) is 56.3 cm³/mol. The molecule has 0 aliphatic rings. The summed E-state index contributed by atoms with van der Waals surface area (Å²) in [6.45, 7) is 1.45. The van der Waals surface area contributed by atoms with E-state index in [9.17, 15) is 4.79 Å². The van der Waals surface area contributed by atoms with Gasteiger partial charge < -0.3 is 5.32 Å². The molecule has 1 unspecified atom stereocenters. The summed E-state index contributed by atoms with van der Waals surface area (Å²) in [5, 5.41) is 16.4. The van der Waals surface area contributed by atoms with Crippen molar-refractivity contribution in [3.8, 4) is 0 Å². The van der Waals surface area contributed by atoms with Crippen molar-refractivity contribution in [2.75, 3.05) is 0 Å². The van der Waals surface area contributed by atoms with E-state index in [2.05, 4.69) is 25.9 Å². The molecule has 0 aliphatic heterocycles. The maximum Gasteiger partial charge on any atom is 0.217 e. The second-order valence-corrected chi connectivity index (χ2v) is 3.31. The van der Waals surface area contributed by atoms with Gasteiger partial charge in [-0.1, -0.05) is 35.5 Å². The molecule has 1 atom stereocenters. The molecule has 0 bridgehead atoms. The van der Waals surface area contributed by atoms with Crippen LogP contribution in [0.3, 0.4) is 0 Å². The molecule has 2 aromatic rings. The molecular formula is C10H11N5O. The van der Waals surface area contributed by atoms with Crippen molar-refractivity contribution in [1.29, 1.82) is 0 Å². The summed E-state index contributed by atoms with van der Waals surface area (Å²) in [6, 6.07) is 9.13. The first-order valence-corrected chi connectivity index (χ1v) is 4.83. The van der Waals surface area contributed by atoms with Crippen molar-refractivity contribution in [3.05, 3.63) is 41.7 Å². The fourth-order valence-corrected chi connectivity index (χ4v) is 1.44. The number of hydrogen-bond acceptors (Lipinski definition) is 4. The van der Waals surface area contributed by atoms with Crippen LogP contribution in [-0.2, 0) is 4.79 Å². The van der Waals surface area contributed by atoms with Crippen LogP contribution in [0.15, 0.2) is 30.3 Å². The van der Waals surface area contributed by atoms with Crippen molar-refractivity contribution < 1.29 is 4.79 Å². The SMILES string of the molecule is CC(=O)NC(c1ccccc1)c1nn[nH]n1. The molecule has 82 valence electrons. The third-order valence-electron chi connectivity index (χ3n) is 2.10. The quantitative estimate of drug-likeness (QED) is 0.780. The third kappa shape index (κ3) is 2.22. The van der Waals surface area contributed by atoms with Crippen LogP contribution in [0, 0.1) is 0 Å². The van der Waals surface area contributed by atoms with Crippen LogP contribution < -0.4 is 5.32 Å². The number of tetrazole rings is 1. The highest BCUT2D eigenvalue weighted by atomic mass is 16.1. The Hall–Kier alpha value is -2.24. The summed E-state index contributed by atoms with van der Waals surface area (Å²) in [5.74, 6) is 0.306. The van der Waals surface area contributed by atoms with Gasteiger partial charge in [0, 0.05) is 6.92 Å². The molecule has 1 heterocycles. The molecule has 2 N–H and O–H groups in total. The van der Waals surface area contributed by atoms with E-state index in [4.69, 9.17) is 0 Å². The average Bonchev–Trinajstić information content (AvgIpc) is 2.80. The van der Waals surface area contributed by atoms with Crippen molar-refractivity contribution >= 4 is 5.91 Å². The summed E-state index contributed by atoms with van der Waals surface area (Å²) < 4.78 is 0. The number of aromatic nitrogens is 4. The molecule has 1 aromatic heterocycles. The topological polar surface area (TPSA) is 83.6 Å². The number of amides is 1. The summed E-state index contributed by atoms with van der Waals surface area (Å²) in [5.41, 5.74) is 0.916. The monoisotopic (exact) mass is 217 g/mol. The van der Waals surface area contributed by atoms with E-state index in [1.807, 2.05) is 30.3 Å². The number of hydrogen-bond donors (Lipinski definition) is 2. The number of carbonyl (C=O) groups is 1. The zero-order valence-corrected chi connectivity index (χ0v) is 8.71. The van der Waals surface area contributed by atoms with Gasteiger partial charge in [0.15, 0.2) is 0 Å². The van der Waals surface area contributed by atoms with Crippen LogP contribution in [0.1, 0.15) is 24.4 Å². The second-order valence-electron chi connectivity index (χ2n) is 3.31. The molecular weight excluding hydrogens is 206 g/mol. The van der Waals surface area contributed by atoms with Crippen LogP contribution in [-0.4, -0.2) is 26.5 Å². The Morgan fingerprint density at radius 1 is 1.38 bits per heavy atom. The normalized spacial score (nSPS) is 12.1. The number of nitrogens with one attached hydrogen (secondary N) is 2. The van der Waals surface area contributed by atoms with Crippen molar-refractivity contribution in [2.24, 2.45) is 0 Å². The lowest BCUT2D eigenvalue weighted by Gasteiger charge is -2.13. The largest absolute Gasteiger partial charge is 0.342 e. The molecule has 16 heavy (non-hydrogen) atoms. The van der Waals surface area contributed by atoms with E-state index in [1.165, 1.54) is 6.92 Å². The van der Waals surface area contributed by atoms with E-state index in [-0.39, 0.29) is 11.9 Å². The smallest absolute Gasteiger partial charge is 0.217 e. The van der Waals surface area contributed by atoms with Gasteiger partial charge in [0.2, 0.25) is 11.7 Å². The summed E-state index contributed by atoms with van der Waals surface area (Å²) in [4.78, 5) is 11.1. The Kier molecular flexibility index (Phi) is 2.90. The molecule has 0 spiro atoms. The second kappa shape index (κ2) is 4.52. The van der Waals surface area contributed by atoms with Crippen LogP contribution in [0.2, 0.25) is 0 Å². The molecule has 1 amide bonds. The molecule has 6 heteroatoms. The minimum absolute atomic E-state index is 0.140. The minimum Gasteiger partial charge on any atom is -0.342 e. The lowest BCUT2D eigenvalue weighted by molar-refractivity contribution is -0.119. The van der Waals surface area contributed by atoms with Crippen molar-refractivity contribution in [3.63, 3.8) is 0 Å². The van der Waals surface area contributed by atoms with Gasteiger partial charge in [-0.2, -0.15) is 5.21 Å². The molecule has 2 rings (SSSR count). The van der Waals surface area contributed by atoms with Gasteiger partial charge in [0.25, 0.3) is 0 Å². The maximum absolute atomic E-state index is 11.1. The zero-order chi connectivity index (χ0) is 11.4. The van der Waals surface area contributed by atoms with E-state index in [0.717, 1.165) is 5.56 Å². The van der Waals surface area contributed by atoms with Crippen LogP contribution >= 0.6 is 0 Å². The lowest BCUT2D eigenvalue weighted by Crippen LogP contribution is -2.27. The predicted octanol–water partition coefficient (Wildman–Crippen LogP) is 0.425. The van der Waals surface area contributed by atoms with Gasteiger partial charge in [0.1, 0.15) is 6.04 Å². The highest BCUT2D eigenvalue weighted by molar-refractivity contribution is 5.73. The Bertz CT molecular complexity index is 453. The Morgan fingerprint density at radius 2 is 2.12 bits per heavy atom. The molecule has 6 nitrogen and oxygen atoms in total. The van der Waals surface area contributed by atoms with Crippen molar-refractivity contribution in [2.45, 2.75) is 13.0 Å². The first kappa shape index (κ1) is 10.3. The Balaban J connectivity index is 2.32. The van der Waals surface area contributed by atoms with Gasteiger partial charge in [0.05, 0.1) is 0 Å². The highest BCUT2D eigenvalue weighted by Gasteiger charge is 2.18. The number of nitrogens with zero attached hydrogens (tertiary/aromatic N) is 3. The number of rotatable bonds is 3. The van der Waals surface area contributed by atoms with Gasteiger partial charge in [-0.25, -0.2) is 0 Å². The Labute approximate surface area is 92.1 Å². The van der Waals surface area contributed by atoms with E-state index in [0.29, 0.717) is 5.82 Å². The molecule has 0 aliphatic carbocycles. The summed E-state index contributed by atoms with van der Waals surface area (Å²) >= 11 is 0. The third-order valence-corrected chi connectivity index (χ3v) is 2.10. The van der Waals surface area contributed by atoms with Crippen LogP contribution in [0.4, 0.5) is 0 Å². The van der Waals surface area contributed by atoms with Gasteiger partial charge in [-0.15, -0.1) is 10.2 Å². The molecule has 0 saturated heterocycles. The standard InChI is InChI=1S/C10H11N5O/c1-7(16)11-9(10-12-14-15-13-10)8-5-3-2-4-6-8/h2-6,9H,1H3,(H,11,16)(H,12,13,14,15). The molecule has 1 aromatic carbocycles. The van der Waals surface area contributed by atoms with Gasteiger partial charge >= 0.3 is 0 Å². The lowest BCUT2D eigenvalue weighted by atomic mass is 10.1. The van der Waals surface area contributed by atoms with E-state index < -0.39 is 0 Å². The van der Waals surface area contributed by atoms with Gasteiger partial charge in [-0.3, -0.25) is 4.79 Å². The number of benzene rings is 1. The fraction of sp³-hybridized carbons (Fsp3) is 0.200. The average molecular weight is 217 g/mol. The molecule has 0 fully saturated rings. The Morgan fingerprint density at radius 3 is 2.69 bits per heavy atom. The van der Waals surface area contributed by atoms with Crippen LogP contribution in [0.5, 0.6) is 0 Å². The zero-order valence-electron chi connectivity index (χ0n) is 8.71. The van der Waals surface area contributed by atoms with E-state index >= 15 is 0 Å². The number of aromatic amines is 1. The van der Waals surface area contributed by atoms with Crippen molar-refractivity contribution in [1.82, 2.24) is 25.9 Å². The van der Waals surface area contributed by atoms with Crippen LogP contribution in [0.25, 0.3) is 0 Å². The number of H-pyrrole nitrogens is 1. The molecule has 0 saturated carbocycles. The maximum atomic E-state index is 11.1. The highest BCUT2D eigenvalue weighted by Crippen LogP contribution is 2.17. The first-order valence-electron chi connectivity index (χ1n) is 4.83. The minimum atomic E-state index is -0.363. The molecule has 0 radical (unpaired) electrons. The fourth-order valence-electron chi connectivity index (χ4n) is 1.44. The van der Waals surface area contributed by atoms with E-state index in [1.54, 1.807) is 0 Å².